The lowest BCUT2D eigenvalue weighted by atomic mass is 10.3. The lowest BCUT2D eigenvalue weighted by Crippen LogP contribution is -2.35. The van der Waals surface area contributed by atoms with Crippen LogP contribution in [0.3, 0.4) is 0 Å². The second-order valence-electron chi connectivity index (χ2n) is 6.13. The Morgan fingerprint density at radius 1 is 1.11 bits per heavy atom. The van der Waals surface area contributed by atoms with Crippen LogP contribution in [0.5, 0.6) is 0 Å². The number of hydrogen-bond donors (Lipinski definition) is 2. The number of carbonyl (C=O) groups excluding carboxylic acids is 1. The summed E-state index contributed by atoms with van der Waals surface area (Å²) in [4.78, 5) is 21.0. The summed E-state index contributed by atoms with van der Waals surface area (Å²) in [6.07, 6.45) is 5.34. The number of rotatable bonds is 6. The molecule has 0 aliphatic carbocycles. The molecule has 0 aliphatic rings. The van der Waals surface area contributed by atoms with Crippen molar-refractivity contribution in [2.45, 2.75) is 19.4 Å². The third-order valence-corrected chi connectivity index (χ3v) is 5.41. The number of imidazole rings is 1. The Balaban J connectivity index is 1.21. The molecule has 0 spiro atoms. The maximum absolute atomic E-state index is 11.9. The zero-order valence-electron chi connectivity index (χ0n) is 14.5. The third-order valence-electron chi connectivity index (χ3n) is 4.09. The number of urea groups is 1. The zero-order chi connectivity index (χ0) is 18.6. The van der Waals surface area contributed by atoms with Gasteiger partial charge in [-0.1, -0.05) is 23.7 Å². The number of nitrogens with one attached hydrogen (secondary N) is 2. The van der Waals surface area contributed by atoms with Crippen LogP contribution in [-0.2, 0) is 13.0 Å². The van der Waals surface area contributed by atoms with Gasteiger partial charge in [-0.05, 0) is 30.7 Å². The normalized spacial score (nSPS) is 11.1. The van der Waals surface area contributed by atoms with Gasteiger partial charge < -0.3 is 15.0 Å². The Morgan fingerprint density at radius 2 is 2.00 bits per heavy atom. The van der Waals surface area contributed by atoms with Crippen LogP contribution in [-0.4, -0.2) is 26.9 Å². The molecule has 0 fully saturated rings. The fourth-order valence-corrected chi connectivity index (χ4v) is 3.98. The summed E-state index contributed by atoms with van der Waals surface area (Å²) < 4.78 is 3.04. The van der Waals surface area contributed by atoms with Crippen molar-refractivity contribution in [3.8, 4) is 0 Å². The SMILES string of the molecule is O=C(NCCCc1nc2ccccc2s1)NCc1cn2cc(Cl)ccc2n1. The number of aromatic nitrogens is 3. The minimum absolute atomic E-state index is 0.200. The van der Waals surface area contributed by atoms with Gasteiger partial charge in [0.15, 0.2) is 0 Å². The number of thiazole rings is 1. The van der Waals surface area contributed by atoms with Crippen molar-refractivity contribution < 1.29 is 4.79 Å². The average Bonchev–Trinajstić information content (AvgIpc) is 3.26. The van der Waals surface area contributed by atoms with Crippen LogP contribution in [0.4, 0.5) is 4.79 Å². The lowest BCUT2D eigenvalue weighted by Gasteiger charge is -2.05. The molecule has 0 saturated carbocycles. The van der Waals surface area contributed by atoms with Crippen LogP contribution >= 0.6 is 22.9 Å². The van der Waals surface area contributed by atoms with E-state index in [1.54, 1.807) is 23.6 Å². The Hall–Kier alpha value is -2.64. The average molecular weight is 400 g/mol. The Bertz CT molecular complexity index is 1060. The number of halogens is 1. The highest BCUT2D eigenvalue weighted by Gasteiger charge is 2.06. The highest BCUT2D eigenvalue weighted by atomic mass is 35.5. The van der Waals surface area contributed by atoms with Crippen molar-refractivity contribution >= 4 is 44.8 Å². The van der Waals surface area contributed by atoms with Gasteiger partial charge >= 0.3 is 6.03 Å². The molecular formula is C19H18ClN5OS. The topological polar surface area (TPSA) is 71.3 Å². The summed E-state index contributed by atoms with van der Waals surface area (Å²) in [7, 11) is 0. The molecule has 0 unspecified atom stereocenters. The van der Waals surface area contributed by atoms with Gasteiger partial charge in [0.05, 0.1) is 32.5 Å². The van der Waals surface area contributed by atoms with Gasteiger partial charge in [0.2, 0.25) is 0 Å². The lowest BCUT2D eigenvalue weighted by molar-refractivity contribution is 0.240. The summed E-state index contributed by atoms with van der Waals surface area (Å²) in [6, 6.07) is 11.6. The number of hydrogen-bond acceptors (Lipinski definition) is 4. The van der Waals surface area contributed by atoms with Gasteiger partial charge in [-0.3, -0.25) is 0 Å². The number of amides is 2. The molecule has 4 aromatic rings. The van der Waals surface area contributed by atoms with Crippen molar-refractivity contribution in [2.75, 3.05) is 6.54 Å². The molecule has 3 aromatic heterocycles. The minimum Gasteiger partial charge on any atom is -0.338 e. The highest BCUT2D eigenvalue weighted by molar-refractivity contribution is 7.18. The van der Waals surface area contributed by atoms with Crippen molar-refractivity contribution in [1.82, 2.24) is 25.0 Å². The fourth-order valence-electron chi connectivity index (χ4n) is 2.80. The smallest absolute Gasteiger partial charge is 0.315 e. The molecule has 0 atom stereocenters. The second kappa shape index (κ2) is 7.94. The summed E-state index contributed by atoms with van der Waals surface area (Å²) in [5.41, 5.74) is 2.62. The first-order valence-electron chi connectivity index (χ1n) is 8.67. The van der Waals surface area contributed by atoms with Crippen LogP contribution < -0.4 is 10.6 Å². The molecule has 0 aliphatic heterocycles. The number of benzene rings is 1. The number of carbonyl (C=O) groups is 1. The summed E-state index contributed by atoms with van der Waals surface area (Å²) in [6.45, 7) is 0.964. The number of aryl methyl sites for hydroxylation is 1. The molecule has 138 valence electrons. The first-order chi connectivity index (χ1) is 13.2. The van der Waals surface area contributed by atoms with E-state index in [1.807, 2.05) is 34.9 Å². The van der Waals surface area contributed by atoms with Gasteiger partial charge in [-0.2, -0.15) is 0 Å². The van der Waals surface area contributed by atoms with E-state index in [1.165, 1.54) is 4.70 Å². The van der Waals surface area contributed by atoms with Crippen LogP contribution in [0.1, 0.15) is 17.1 Å². The van der Waals surface area contributed by atoms with E-state index in [0.717, 1.165) is 34.7 Å². The van der Waals surface area contributed by atoms with E-state index in [2.05, 4.69) is 26.7 Å². The van der Waals surface area contributed by atoms with Crippen molar-refractivity contribution in [3.63, 3.8) is 0 Å². The Kier molecular flexibility index (Phi) is 5.22. The van der Waals surface area contributed by atoms with E-state index in [4.69, 9.17) is 11.6 Å². The molecular weight excluding hydrogens is 382 g/mol. The van der Waals surface area contributed by atoms with Crippen LogP contribution in [0.2, 0.25) is 5.02 Å². The van der Waals surface area contributed by atoms with Crippen LogP contribution in [0, 0.1) is 0 Å². The largest absolute Gasteiger partial charge is 0.338 e. The van der Waals surface area contributed by atoms with Gasteiger partial charge in [-0.25, -0.2) is 14.8 Å². The van der Waals surface area contributed by atoms with E-state index >= 15 is 0 Å². The van der Waals surface area contributed by atoms with Gasteiger partial charge in [0, 0.05) is 25.4 Å². The van der Waals surface area contributed by atoms with Crippen LogP contribution in [0.25, 0.3) is 15.9 Å². The van der Waals surface area contributed by atoms with E-state index in [-0.39, 0.29) is 6.03 Å². The molecule has 6 nitrogen and oxygen atoms in total. The molecule has 27 heavy (non-hydrogen) atoms. The first-order valence-corrected chi connectivity index (χ1v) is 9.86. The molecule has 3 heterocycles. The van der Waals surface area contributed by atoms with Gasteiger partial charge in [0.1, 0.15) is 5.65 Å². The monoisotopic (exact) mass is 399 g/mol. The number of fused-ring (bicyclic) bond motifs is 2. The zero-order valence-corrected chi connectivity index (χ0v) is 16.1. The summed E-state index contributed by atoms with van der Waals surface area (Å²) >= 11 is 7.67. The maximum atomic E-state index is 11.9. The Morgan fingerprint density at radius 3 is 2.89 bits per heavy atom. The third kappa shape index (κ3) is 4.37. The highest BCUT2D eigenvalue weighted by Crippen LogP contribution is 2.22. The minimum atomic E-state index is -0.200. The quantitative estimate of drug-likeness (QED) is 0.481. The summed E-state index contributed by atoms with van der Waals surface area (Å²) in [5, 5.41) is 7.44. The van der Waals surface area contributed by atoms with E-state index < -0.39 is 0 Å². The maximum Gasteiger partial charge on any atom is 0.315 e. The molecule has 2 amide bonds. The van der Waals surface area contributed by atoms with Crippen molar-refractivity contribution in [2.24, 2.45) is 0 Å². The molecule has 0 saturated heterocycles. The fraction of sp³-hybridized carbons (Fsp3) is 0.211. The van der Waals surface area contributed by atoms with Gasteiger partial charge in [-0.15, -0.1) is 11.3 Å². The Labute approximate surface area is 165 Å². The molecule has 8 heteroatoms. The molecule has 4 rings (SSSR count). The molecule has 2 N–H and O–H groups in total. The van der Waals surface area contributed by atoms with Crippen LogP contribution in [0.15, 0.2) is 48.8 Å². The first kappa shape index (κ1) is 17.8. The molecule has 1 aromatic carbocycles. The van der Waals surface area contributed by atoms with Crippen molar-refractivity contribution in [3.05, 3.63) is 64.5 Å². The summed E-state index contributed by atoms with van der Waals surface area (Å²) in [5.74, 6) is 0. The predicted molar refractivity (Wildman–Crippen MR) is 108 cm³/mol. The standard InChI is InChI=1S/C19H18ClN5OS/c20-13-7-8-17-23-14(12-25(17)11-13)10-22-19(26)21-9-3-6-18-24-15-4-1-2-5-16(15)27-18/h1-2,4-5,7-8,11-12H,3,6,9-10H2,(H2,21,22,26). The second-order valence-corrected chi connectivity index (χ2v) is 7.68. The number of pyridine rings is 1. The number of nitrogens with zero attached hydrogens (tertiary/aromatic N) is 3. The molecule has 0 bridgehead atoms. The van der Waals surface area contributed by atoms with Gasteiger partial charge in [0.25, 0.3) is 0 Å². The number of para-hydroxylation sites is 1. The predicted octanol–water partition coefficient (Wildman–Crippen LogP) is 4.03. The molecule has 0 radical (unpaired) electrons. The van der Waals surface area contributed by atoms with E-state index in [9.17, 15) is 4.79 Å². The van der Waals surface area contributed by atoms with E-state index in [0.29, 0.717) is 18.1 Å². The van der Waals surface area contributed by atoms with Crippen molar-refractivity contribution in [1.29, 1.82) is 0 Å².